The number of rotatable bonds is 7. The van der Waals surface area contributed by atoms with Gasteiger partial charge in [-0.1, -0.05) is 72.3 Å². The Morgan fingerprint density at radius 3 is 2.21 bits per heavy atom. The topological polar surface area (TPSA) is 105 Å². The number of carboxylic acids is 1. The number of hydrogen-bond donors (Lipinski definition) is 3. The molecule has 0 heterocycles. The highest BCUT2D eigenvalue weighted by atomic mass is 35.5. The first-order valence-electron chi connectivity index (χ1n) is 12.4. The summed E-state index contributed by atoms with van der Waals surface area (Å²) in [6, 6.07) is 21.4. The molecule has 2 amide bonds. The lowest BCUT2D eigenvalue weighted by molar-refractivity contribution is -0.147. The van der Waals surface area contributed by atoms with Gasteiger partial charge in [-0.25, -0.2) is 9.59 Å². The minimum absolute atomic E-state index is 0.120. The van der Waals surface area contributed by atoms with Crippen LogP contribution >= 0.6 is 11.6 Å². The summed E-state index contributed by atoms with van der Waals surface area (Å²) in [5, 5.41) is 16.3. The predicted octanol–water partition coefficient (Wildman–Crippen LogP) is 5.18. The number of halogens is 1. The smallest absolute Gasteiger partial charge is 0.408 e. The highest BCUT2D eigenvalue weighted by Gasteiger charge is 2.46. The number of hydrogen-bond acceptors (Lipinski definition) is 4. The molecule has 0 spiro atoms. The Labute approximate surface area is 227 Å². The van der Waals surface area contributed by atoms with Gasteiger partial charge in [-0.3, -0.25) is 4.79 Å². The molecule has 0 saturated carbocycles. The molecule has 0 radical (unpaired) electrons. The van der Waals surface area contributed by atoms with E-state index >= 15 is 0 Å². The zero-order chi connectivity index (χ0) is 27.5. The molecule has 0 aromatic heterocycles. The maximum absolute atomic E-state index is 13.5. The summed E-state index contributed by atoms with van der Waals surface area (Å²) in [7, 11) is 0. The first-order valence-corrected chi connectivity index (χ1v) is 12.8. The third kappa shape index (κ3) is 6.53. The number of aliphatic carboxylic acids is 1. The number of carbonyl (C=O) groups excluding carboxylic acids is 2. The van der Waals surface area contributed by atoms with Crippen molar-refractivity contribution in [2.45, 2.75) is 57.2 Å². The Morgan fingerprint density at radius 1 is 0.947 bits per heavy atom. The summed E-state index contributed by atoms with van der Waals surface area (Å²) in [5.41, 5.74) is 2.11. The van der Waals surface area contributed by atoms with Gasteiger partial charge in [-0.15, -0.1) is 0 Å². The van der Waals surface area contributed by atoms with Crippen LogP contribution in [0.15, 0.2) is 72.8 Å². The first kappa shape index (κ1) is 27.2. The second kappa shape index (κ2) is 10.9. The molecular weight excluding hydrogens is 504 g/mol. The Hall–Kier alpha value is -3.84. The van der Waals surface area contributed by atoms with Gasteiger partial charge in [0.1, 0.15) is 17.2 Å². The van der Waals surface area contributed by atoms with E-state index in [9.17, 15) is 19.5 Å². The van der Waals surface area contributed by atoms with Crippen LogP contribution in [0.5, 0.6) is 0 Å². The number of fused-ring (bicyclic) bond motifs is 1. The van der Waals surface area contributed by atoms with Crippen LogP contribution in [0.4, 0.5) is 4.79 Å². The van der Waals surface area contributed by atoms with Crippen molar-refractivity contribution < 1.29 is 24.2 Å². The van der Waals surface area contributed by atoms with Crippen molar-refractivity contribution >= 4 is 29.6 Å². The Kier molecular flexibility index (Phi) is 7.78. The summed E-state index contributed by atoms with van der Waals surface area (Å²) >= 11 is 6.01. The molecule has 3 aromatic rings. The van der Waals surface area contributed by atoms with E-state index in [0.717, 1.165) is 27.8 Å². The maximum atomic E-state index is 13.5. The van der Waals surface area contributed by atoms with Crippen LogP contribution in [0, 0.1) is 0 Å². The lowest BCUT2D eigenvalue weighted by Gasteiger charge is -2.29. The summed E-state index contributed by atoms with van der Waals surface area (Å²) in [6.07, 6.45) is -0.320. The van der Waals surface area contributed by atoms with Crippen LogP contribution in [-0.4, -0.2) is 40.3 Å². The number of benzene rings is 3. The van der Waals surface area contributed by atoms with Crippen molar-refractivity contribution in [2.24, 2.45) is 0 Å². The molecule has 1 aliphatic rings. The zero-order valence-corrected chi connectivity index (χ0v) is 22.3. The van der Waals surface area contributed by atoms with Crippen LogP contribution in [0.2, 0.25) is 5.02 Å². The number of nitrogens with one attached hydrogen (secondary N) is 2. The standard InChI is InChI=1S/C30H31ClN2O5/c1-29(2,3)38-28(37)32-25(15-19-7-5-4-6-8-19)26(34)33-30(27(35)36)17-22-10-9-21(16-23(22)18-30)20-11-13-24(31)14-12-20/h4-14,16,25H,15,17-18H2,1-3H3,(H,32,37)(H,33,34)(H,35,36)/t25-,30?/m0/s1. The maximum Gasteiger partial charge on any atom is 0.408 e. The van der Waals surface area contributed by atoms with Crippen LogP contribution in [0.3, 0.4) is 0 Å². The Morgan fingerprint density at radius 2 is 1.58 bits per heavy atom. The number of carboxylic acid groups (broad SMARTS) is 1. The van der Waals surface area contributed by atoms with Crippen molar-refractivity contribution in [3.05, 3.63) is 94.5 Å². The molecule has 38 heavy (non-hydrogen) atoms. The van der Waals surface area contributed by atoms with Crippen molar-refractivity contribution in [3.8, 4) is 11.1 Å². The molecule has 1 unspecified atom stereocenters. The molecule has 0 aliphatic heterocycles. The third-order valence-electron chi connectivity index (χ3n) is 6.43. The quantitative estimate of drug-likeness (QED) is 0.387. The van der Waals surface area contributed by atoms with Crippen molar-refractivity contribution in [1.29, 1.82) is 0 Å². The third-order valence-corrected chi connectivity index (χ3v) is 6.68. The fourth-order valence-electron chi connectivity index (χ4n) is 4.62. The summed E-state index contributed by atoms with van der Waals surface area (Å²) < 4.78 is 5.36. The van der Waals surface area contributed by atoms with Crippen molar-refractivity contribution in [2.75, 3.05) is 0 Å². The molecule has 4 rings (SSSR count). The van der Waals surface area contributed by atoms with Crippen LogP contribution in [0.25, 0.3) is 11.1 Å². The van der Waals surface area contributed by atoms with Crippen molar-refractivity contribution in [3.63, 3.8) is 0 Å². The Balaban J connectivity index is 1.57. The minimum atomic E-state index is -1.54. The Bertz CT molecular complexity index is 1330. The molecule has 198 valence electrons. The van der Waals surface area contributed by atoms with Gasteiger partial charge in [0.2, 0.25) is 5.91 Å². The summed E-state index contributed by atoms with van der Waals surface area (Å²) in [4.78, 5) is 38.6. The lowest BCUT2D eigenvalue weighted by atomic mass is 9.94. The highest BCUT2D eigenvalue weighted by Crippen LogP contribution is 2.34. The normalized spacial score (nSPS) is 17.3. The van der Waals surface area contributed by atoms with E-state index in [-0.39, 0.29) is 19.3 Å². The molecule has 3 aromatic carbocycles. The molecule has 2 atom stereocenters. The van der Waals surface area contributed by atoms with E-state index < -0.39 is 35.2 Å². The van der Waals surface area contributed by atoms with Gasteiger partial charge in [-0.05, 0) is 60.7 Å². The molecule has 7 nitrogen and oxygen atoms in total. The number of ether oxygens (including phenoxy) is 1. The number of alkyl carbamates (subject to hydrolysis) is 1. The van der Waals surface area contributed by atoms with E-state index in [1.54, 1.807) is 32.9 Å². The molecule has 3 N–H and O–H groups in total. The average Bonchev–Trinajstić information content (AvgIpc) is 3.22. The van der Waals surface area contributed by atoms with E-state index in [1.165, 1.54) is 0 Å². The van der Waals surface area contributed by atoms with Crippen LogP contribution < -0.4 is 10.6 Å². The van der Waals surface area contributed by atoms with Gasteiger partial charge in [0.25, 0.3) is 0 Å². The van der Waals surface area contributed by atoms with Crippen LogP contribution in [0.1, 0.15) is 37.5 Å². The summed E-state index contributed by atoms with van der Waals surface area (Å²) in [5.74, 6) is -1.72. The van der Waals surface area contributed by atoms with Gasteiger partial charge >= 0.3 is 12.1 Å². The van der Waals surface area contributed by atoms with E-state index in [1.807, 2.05) is 60.7 Å². The lowest BCUT2D eigenvalue weighted by Crippen LogP contribution is -2.60. The van der Waals surface area contributed by atoms with E-state index in [2.05, 4.69) is 10.6 Å². The minimum Gasteiger partial charge on any atom is -0.479 e. The first-order chi connectivity index (χ1) is 17.9. The fourth-order valence-corrected chi connectivity index (χ4v) is 4.75. The van der Waals surface area contributed by atoms with Crippen LogP contribution in [-0.2, 0) is 33.6 Å². The van der Waals surface area contributed by atoms with Gasteiger partial charge in [0.15, 0.2) is 0 Å². The summed E-state index contributed by atoms with van der Waals surface area (Å²) in [6.45, 7) is 5.19. The molecule has 1 aliphatic carbocycles. The largest absolute Gasteiger partial charge is 0.479 e. The fraction of sp³-hybridized carbons (Fsp3) is 0.300. The second-order valence-electron chi connectivity index (χ2n) is 10.6. The monoisotopic (exact) mass is 534 g/mol. The van der Waals surface area contributed by atoms with Gasteiger partial charge in [0, 0.05) is 24.3 Å². The zero-order valence-electron chi connectivity index (χ0n) is 21.6. The molecular formula is C30H31ClN2O5. The predicted molar refractivity (Wildman–Crippen MR) is 146 cm³/mol. The molecule has 0 saturated heterocycles. The molecule has 0 bridgehead atoms. The second-order valence-corrected chi connectivity index (χ2v) is 11.0. The van der Waals surface area contributed by atoms with Gasteiger partial charge < -0.3 is 20.5 Å². The number of carbonyl (C=O) groups is 3. The van der Waals surface area contributed by atoms with E-state index in [4.69, 9.17) is 16.3 Å². The van der Waals surface area contributed by atoms with E-state index in [0.29, 0.717) is 5.02 Å². The SMILES string of the molecule is CC(C)(C)OC(=O)N[C@@H](Cc1ccccc1)C(=O)NC1(C(=O)O)Cc2ccc(-c3ccc(Cl)cc3)cc2C1. The molecule has 0 fully saturated rings. The van der Waals surface area contributed by atoms with Gasteiger partial charge in [0.05, 0.1) is 0 Å². The van der Waals surface area contributed by atoms with Crippen molar-refractivity contribution in [1.82, 2.24) is 10.6 Å². The molecule has 8 heteroatoms. The number of amides is 2. The highest BCUT2D eigenvalue weighted by molar-refractivity contribution is 6.30. The average molecular weight is 535 g/mol. The van der Waals surface area contributed by atoms with Gasteiger partial charge in [-0.2, -0.15) is 0 Å².